The lowest BCUT2D eigenvalue weighted by atomic mass is 9.81. The summed E-state index contributed by atoms with van der Waals surface area (Å²) in [6.45, 7) is 1.88. The minimum Gasteiger partial charge on any atom is -0.480 e. The van der Waals surface area contributed by atoms with E-state index < -0.39 is 11.4 Å². The average Bonchev–Trinajstić information content (AvgIpc) is 2.26. The van der Waals surface area contributed by atoms with Gasteiger partial charge in [0.2, 0.25) is 0 Å². The van der Waals surface area contributed by atoms with E-state index in [9.17, 15) is 9.90 Å². The van der Waals surface area contributed by atoms with Gasteiger partial charge in [-0.25, -0.2) is 0 Å². The highest BCUT2D eigenvalue weighted by atomic mass is 16.4. The SMILES string of the molecule is C#CC(CCC)(C(=O)O)c1cnccn1. The van der Waals surface area contributed by atoms with Crippen molar-refractivity contribution >= 4 is 5.97 Å². The Bertz CT molecular complexity index is 383. The highest BCUT2D eigenvalue weighted by molar-refractivity contribution is 5.84. The zero-order valence-electron chi connectivity index (χ0n) is 8.47. The molecule has 1 aromatic heterocycles. The van der Waals surface area contributed by atoms with Gasteiger partial charge in [0.1, 0.15) is 0 Å². The number of aliphatic carboxylic acids is 1. The molecule has 0 saturated heterocycles. The fourth-order valence-electron chi connectivity index (χ4n) is 1.45. The molecule has 78 valence electrons. The van der Waals surface area contributed by atoms with Crippen LogP contribution in [0.4, 0.5) is 0 Å². The first-order valence-electron chi connectivity index (χ1n) is 4.65. The highest BCUT2D eigenvalue weighted by Gasteiger charge is 2.39. The highest BCUT2D eigenvalue weighted by Crippen LogP contribution is 2.26. The Morgan fingerprint density at radius 2 is 2.40 bits per heavy atom. The fourth-order valence-corrected chi connectivity index (χ4v) is 1.45. The Kier molecular flexibility index (Phi) is 3.40. The van der Waals surface area contributed by atoms with Crippen molar-refractivity contribution in [3.05, 3.63) is 24.3 Å². The quantitative estimate of drug-likeness (QED) is 0.749. The summed E-state index contributed by atoms with van der Waals surface area (Å²) >= 11 is 0. The summed E-state index contributed by atoms with van der Waals surface area (Å²) < 4.78 is 0. The van der Waals surface area contributed by atoms with Crippen molar-refractivity contribution < 1.29 is 9.90 Å². The molecule has 0 aliphatic rings. The van der Waals surface area contributed by atoms with Gasteiger partial charge >= 0.3 is 5.97 Å². The number of carbonyl (C=O) groups is 1. The van der Waals surface area contributed by atoms with Gasteiger partial charge in [-0.1, -0.05) is 19.3 Å². The molecule has 0 radical (unpaired) electrons. The van der Waals surface area contributed by atoms with Gasteiger partial charge < -0.3 is 5.11 Å². The van der Waals surface area contributed by atoms with Gasteiger partial charge in [-0.2, -0.15) is 0 Å². The van der Waals surface area contributed by atoms with E-state index in [2.05, 4.69) is 15.9 Å². The third kappa shape index (κ3) is 1.96. The van der Waals surface area contributed by atoms with Crippen LogP contribution in [0.3, 0.4) is 0 Å². The molecule has 1 heterocycles. The second-order valence-electron chi connectivity index (χ2n) is 3.20. The molecule has 1 N–H and O–H groups in total. The third-order valence-electron chi connectivity index (χ3n) is 2.24. The topological polar surface area (TPSA) is 63.1 Å². The summed E-state index contributed by atoms with van der Waals surface area (Å²) in [6.07, 6.45) is 10.7. The van der Waals surface area contributed by atoms with Crippen molar-refractivity contribution in [2.45, 2.75) is 25.2 Å². The first-order valence-corrected chi connectivity index (χ1v) is 4.65. The number of terminal acetylenes is 1. The molecule has 0 saturated carbocycles. The lowest BCUT2D eigenvalue weighted by molar-refractivity contribution is -0.141. The molecule has 0 fully saturated rings. The van der Waals surface area contributed by atoms with Crippen LogP contribution in [0.15, 0.2) is 18.6 Å². The second-order valence-corrected chi connectivity index (χ2v) is 3.20. The van der Waals surface area contributed by atoms with Gasteiger partial charge in [0.05, 0.1) is 11.9 Å². The van der Waals surface area contributed by atoms with Gasteiger partial charge in [0.15, 0.2) is 5.41 Å². The zero-order chi connectivity index (χ0) is 11.3. The lowest BCUT2D eigenvalue weighted by Gasteiger charge is -2.21. The Balaban J connectivity index is 3.23. The van der Waals surface area contributed by atoms with E-state index in [-0.39, 0.29) is 0 Å². The smallest absolute Gasteiger partial charge is 0.328 e. The monoisotopic (exact) mass is 204 g/mol. The molecular weight excluding hydrogens is 192 g/mol. The van der Waals surface area contributed by atoms with Crippen LogP contribution in [0.2, 0.25) is 0 Å². The van der Waals surface area contributed by atoms with Crippen LogP contribution in [0.5, 0.6) is 0 Å². The third-order valence-corrected chi connectivity index (χ3v) is 2.24. The molecule has 0 bridgehead atoms. The first kappa shape index (κ1) is 11.2. The number of hydrogen-bond donors (Lipinski definition) is 1. The van der Waals surface area contributed by atoms with Crippen molar-refractivity contribution in [2.75, 3.05) is 0 Å². The number of carboxylic acids is 1. The van der Waals surface area contributed by atoms with Crippen molar-refractivity contribution in [1.29, 1.82) is 0 Å². The minimum atomic E-state index is -1.34. The number of hydrogen-bond acceptors (Lipinski definition) is 3. The van der Waals surface area contributed by atoms with E-state index in [1.807, 2.05) is 6.92 Å². The van der Waals surface area contributed by atoms with Crippen molar-refractivity contribution in [1.82, 2.24) is 9.97 Å². The molecule has 1 rings (SSSR count). The summed E-state index contributed by atoms with van der Waals surface area (Å²) in [4.78, 5) is 19.1. The maximum atomic E-state index is 11.2. The maximum absolute atomic E-state index is 11.2. The molecule has 1 unspecified atom stereocenters. The molecule has 0 aliphatic heterocycles. The molecule has 4 heteroatoms. The molecule has 1 atom stereocenters. The van der Waals surface area contributed by atoms with Crippen LogP contribution >= 0.6 is 0 Å². The summed E-state index contributed by atoms with van der Waals surface area (Å²) in [6, 6.07) is 0. The van der Waals surface area contributed by atoms with Crippen LogP contribution in [0.25, 0.3) is 0 Å². The first-order chi connectivity index (χ1) is 7.17. The van der Waals surface area contributed by atoms with Crippen LogP contribution in [-0.4, -0.2) is 21.0 Å². The standard InChI is InChI=1S/C11H12N2O2/c1-3-5-11(4-2,10(14)15)9-8-12-6-7-13-9/h2,6-8H,3,5H2,1H3,(H,14,15). The van der Waals surface area contributed by atoms with Gasteiger partial charge in [-0.3, -0.25) is 14.8 Å². The van der Waals surface area contributed by atoms with Crippen LogP contribution in [-0.2, 0) is 10.2 Å². The van der Waals surface area contributed by atoms with E-state index in [1.54, 1.807) is 0 Å². The Hall–Kier alpha value is -1.89. The molecule has 15 heavy (non-hydrogen) atoms. The van der Waals surface area contributed by atoms with Crippen molar-refractivity contribution in [2.24, 2.45) is 0 Å². The predicted molar refractivity (Wildman–Crippen MR) is 55.1 cm³/mol. The Morgan fingerprint density at radius 1 is 1.67 bits per heavy atom. The predicted octanol–water partition coefficient (Wildman–Crippen LogP) is 1.23. The fraction of sp³-hybridized carbons (Fsp3) is 0.364. The molecular formula is C11H12N2O2. The van der Waals surface area contributed by atoms with E-state index in [1.165, 1.54) is 18.6 Å². The Morgan fingerprint density at radius 3 is 2.80 bits per heavy atom. The number of carboxylic acid groups (broad SMARTS) is 1. The molecule has 4 nitrogen and oxygen atoms in total. The van der Waals surface area contributed by atoms with Crippen LogP contribution in [0.1, 0.15) is 25.5 Å². The van der Waals surface area contributed by atoms with E-state index in [0.29, 0.717) is 18.5 Å². The zero-order valence-corrected chi connectivity index (χ0v) is 8.47. The number of nitrogens with zero attached hydrogens (tertiary/aromatic N) is 2. The van der Waals surface area contributed by atoms with Crippen LogP contribution in [0, 0.1) is 12.3 Å². The molecule has 0 amide bonds. The normalized spacial score (nSPS) is 13.9. The van der Waals surface area contributed by atoms with Crippen molar-refractivity contribution in [3.63, 3.8) is 0 Å². The van der Waals surface area contributed by atoms with Crippen molar-refractivity contribution in [3.8, 4) is 12.3 Å². The second kappa shape index (κ2) is 4.56. The average molecular weight is 204 g/mol. The van der Waals surface area contributed by atoms with Crippen LogP contribution < -0.4 is 0 Å². The number of rotatable bonds is 4. The van der Waals surface area contributed by atoms with Gasteiger partial charge in [-0.15, -0.1) is 6.42 Å². The largest absolute Gasteiger partial charge is 0.480 e. The van der Waals surface area contributed by atoms with Gasteiger partial charge in [0, 0.05) is 12.4 Å². The van der Waals surface area contributed by atoms with E-state index in [0.717, 1.165) is 0 Å². The lowest BCUT2D eigenvalue weighted by Crippen LogP contribution is -2.35. The summed E-state index contributed by atoms with van der Waals surface area (Å²) in [7, 11) is 0. The van der Waals surface area contributed by atoms with Gasteiger partial charge in [-0.05, 0) is 6.42 Å². The molecule has 0 aromatic carbocycles. The maximum Gasteiger partial charge on any atom is 0.328 e. The Labute approximate surface area is 88.4 Å². The minimum absolute atomic E-state index is 0.321. The van der Waals surface area contributed by atoms with Gasteiger partial charge in [0.25, 0.3) is 0 Å². The molecule has 0 aliphatic carbocycles. The summed E-state index contributed by atoms with van der Waals surface area (Å²) in [5, 5.41) is 9.20. The van der Waals surface area contributed by atoms with E-state index >= 15 is 0 Å². The summed E-state index contributed by atoms with van der Waals surface area (Å²) in [5.41, 5.74) is -1.02. The van der Waals surface area contributed by atoms with E-state index in [4.69, 9.17) is 6.42 Å². The number of aromatic nitrogens is 2. The summed E-state index contributed by atoms with van der Waals surface area (Å²) in [5.74, 6) is 1.28. The molecule has 0 spiro atoms. The molecule has 1 aromatic rings.